The fourth-order valence-electron chi connectivity index (χ4n) is 2.49. The molecular formula is C20H25N3O2. The molecule has 0 saturated heterocycles. The van der Waals surface area contributed by atoms with Crippen molar-refractivity contribution >= 4 is 23.2 Å². The van der Waals surface area contributed by atoms with Gasteiger partial charge in [0.1, 0.15) is 0 Å². The van der Waals surface area contributed by atoms with Crippen molar-refractivity contribution in [1.29, 1.82) is 0 Å². The van der Waals surface area contributed by atoms with Gasteiger partial charge in [-0.15, -0.1) is 0 Å². The first-order valence-corrected chi connectivity index (χ1v) is 8.37. The lowest BCUT2D eigenvalue weighted by molar-refractivity contribution is -0.114. The molecule has 5 heteroatoms. The average molecular weight is 339 g/mol. The number of benzene rings is 2. The quantitative estimate of drug-likeness (QED) is 0.754. The number of para-hydroxylation sites is 1. The first-order valence-electron chi connectivity index (χ1n) is 8.37. The lowest BCUT2D eigenvalue weighted by Crippen LogP contribution is -2.30. The van der Waals surface area contributed by atoms with Crippen molar-refractivity contribution in [3.05, 3.63) is 59.2 Å². The number of amides is 2. The maximum Gasteiger partial charge on any atom is 0.251 e. The molecule has 0 saturated carbocycles. The Bertz CT molecular complexity index is 749. The molecule has 0 fully saturated rings. The minimum atomic E-state index is -0.130. The van der Waals surface area contributed by atoms with Crippen LogP contribution in [0.4, 0.5) is 11.4 Å². The number of hydrogen-bond donors (Lipinski definition) is 3. The largest absolute Gasteiger partial charge is 0.376 e. The van der Waals surface area contributed by atoms with Crippen LogP contribution in [0, 0.1) is 13.8 Å². The van der Waals surface area contributed by atoms with Crippen molar-refractivity contribution in [3.8, 4) is 0 Å². The van der Waals surface area contributed by atoms with E-state index in [9.17, 15) is 9.59 Å². The summed E-state index contributed by atoms with van der Waals surface area (Å²) in [7, 11) is 0. The van der Waals surface area contributed by atoms with Gasteiger partial charge in [0.15, 0.2) is 0 Å². The van der Waals surface area contributed by atoms with Gasteiger partial charge >= 0.3 is 0 Å². The number of carbonyl (C=O) groups is 2. The van der Waals surface area contributed by atoms with Gasteiger partial charge in [0.2, 0.25) is 5.91 Å². The Morgan fingerprint density at radius 1 is 1.00 bits per heavy atom. The molecule has 2 amide bonds. The maximum absolute atomic E-state index is 12.2. The number of aryl methyl sites for hydroxylation is 2. The van der Waals surface area contributed by atoms with E-state index in [0.717, 1.165) is 22.5 Å². The summed E-state index contributed by atoms with van der Waals surface area (Å²) in [6.45, 7) is 7.89. The van der Waals surface area contributed by atoms with E-state index in [1.54, 1.807) is 18.2 Å². The lowest BCUT2D eigenvalue weighted by Gasteiger charge is -2.13. The zero-order valence-corrected chi connectivity index (χ0v) is 15.1. The molecule has 0 aliphatic rings. The van der Waals surface area contributed by atoms with Crippen molar-refractivity contribution in [2.75, 3.05) is 17.2 Å². The van der Waals surface area contributed by atoms with Gasteiger partial charge in [-0.2, -0.15) is 0 Å². The van der Waals surface area contributed by atoms with Crippen LogP contribution < -0.4 is 16.0 Å². The van der Waals surface area contributed by atoms with Crippen LogP contribution in [0.25, 0.3) is 0 Å². The molecule has 2 aromatic rings. The number of hydrogen-bond acceptors (Lipinski definition) is 3. The molecule has 25 heavy (non-hydrogen) atoms. The molecule has 5 nitrogen and oxygen atoms in total. The minimum Gasteiger partial charge on any atom is -0.376 e. The average Bonchev–Trinajstić information content (AvgIpc) is 2.56. The van der Waals surface area contributed by atoms with Crippen molar-refractivity contribution in [3.63, 3.8) is 0 Å². The summed E-state index contributed by atoms with van der Waals surface area (Å²) in [6, 6.07) is 13.1. The molecule has 0 aromatic heterocycles. The van der Waals surface area contributed by atoms with Crippen LogP contribution in [0.5, 0.6) is 0 Å². The van der Waals surface area contributed by atoms with Gasteiger partial charge in [-0.1, -0.05) is 24.3 Å². The molecule has 0 spiro atoms. The molecule has 2 aromatic carbocycles. The second-order valence-electron chi connectivity index (χ2n) is 6.38. The summed E-state index contributed by atoms with van der Waals surface area (Å²) in [6.07, 6.45) is 0. The number of carbonyl (C=O) groups excluding carboxylic acids is 2. The van der Waals surface area contributed by atoms with Crippen molar-refractivity contribution in [1.82, 2.24) is 5.32 Å². The summed E-state index contributed by atoms with van der Waals surface area (Å²) >= 11 is 0. The second kappa shape index (κ2) is 8.33. The Morgan fingerprint density at radius 3 is 2.28 bits per heavy atom. The van der Waals surface area contributed by atoms with Gasteiger partial charge in [0.05, 0.1) is 6.54 Å². The van der Waals surface area contributed by atoms with Gasteiger partial charge in [-0.25, -0.2) is 0 Å². The van der Waals surface area contributed by atoms with Gasteiger partial charge < -0.3 is 16.0 Å². The van der Waals surface area contributed by atoms with Crippen LogP contribution in [-0.4, -0.2) is 24.4 Å². The second-order valence-corrected chi connectivity index (χ2v) is 6.38. The molecule has 0 aliphatic heterocycles. The summed E-state index contributed by atoms with van der Waals surface area (Å²) in [5.41, 5.74) is 4.20. The predicted octanol–water partition coefficient (Wildman–Crippen LogP) is 3.49. The van der Waals surface area contributed by atoms with E-state index in [-0.39, 0.29) is 24.4 Å². The molecule has 2 rings (SSSR count). The first-order chi connectivity index (χ1) is 11.9. The molecule has 0 atom stereocenters. The smallest absolute Gasteiger partial charge is 0.251 e. The van der Waals surface area contributed by atoms with E-state index in [4.69, 9.17) is 0 Å². The zero-order chi connectivity index (χ0) is 18.4. The highest BCUT2D eigenvalue weighted by atomic mass is 16.2. The normalized spacial score (nSPS) is 10.4. The van der Waals surface area contributed by atoms with Gasteiger partial charge in [-0.3, -0.25) is 9.59 Å². The third-order valence-electron chi connectivity index (χ3n) is 3.74. The molecule has 0 bridgehead atoms. The van der Waals surface area contributed by atoms with Crippen LogP contribution >= 0.6 is 0 Å². The van der Waals surface area contributed by atoms with Crippen LogP contribution in [0.2, 0.25) is 0 Å². The van der Waals surface area contributed by atoms with Gasteiger partial charge in [0.25, 0.3) is 5.91 Å². The molecule has 0 aliphatic carbocycles. The van der Waals surface area contributed by atoms with Crippen molar-refractivity contribution in [2.45, 2.75) is 33.7 Å². The molecule has 132 valence electrons. The highest BCUT2D eigenvalue weighted by Gasteiger charge is 2.09. The predicted molar refractivity (Wildman–Crippen MR) is 102 cm³/mol. The first kappa shape index (κ1) is 18.5. The zero-order valence-electron chi connectivity index (χ0n) is 15.1. The summed E-state index contributed by atoms with van der Waals surface area (Å²) in [5, 5.41) is 8.84. The monoisotopic (exact) mass is 339 g/mol. The maximum atomic E-state index is 12.2. The number of anilines is 2. The Hall–Kier alpha value is -2.82. The van der Waals surface area contributed by atoms with Crippen LogP contribution in [0.1, 0.15) is 35.3 Å². The van der Waals surface area contributed by atoms with E-state index < -0.39 is 0 Å². The SMILES string of the molecule is Cc1cccc(C)c1NC(=O)CNc1cccc(C(=O)NC(C)C)c1. The Labute approximate surface area is 148 Å². The third-order valence-corrected chi connectivity index (χ3v) is 3.74. The highest BCUT2D eigenvalue weighted by Crippen LogP contribution is 2.19. The number of nitrogens with one attached hydrogen (secondary N) is 3. The molecule has 3 N–H and O–H groups in total. The van der Waals surface area contributed by atoms with Crippen LogP contribution in [-0.2, 0) is 4.79 Å². The van der Waals surface area contributed by atoms with Crippen LogP contribution in [0.15, 0.2) is 42.5 Å². The van der Waals surface area contributed by atoms with Crippen molar-refractivity contribution < 1.29 is 9.59 Å². The summed E-state index contributed by atoms with van der Waals surface area (Å²) in [5.74, 6) is -0.256. The fraction of sp³-hybridized carbons (Fsp3) is 0.300. The molecule has 0 heterocycles. The van der Waals surface area contributed by atoms with Crippen LogP contribution in [0.3, 0.4) is 0 Å². The minimum absolute atomic E-state index is 0.0762. The number of rotatable bonds is 6. The fourth-order valence-corrected chi connectivity index (χ4v) is 2.49. The van der Waals surface area contributed by atoms with E-state index >= 15 is 0 Å². The van der Waals surface area contributed by atoms with Gasteiger partial charge in [0, 0.05) is 23.0 Å². The van der Waals surface area contributed by atoms with E-state index in [1.165, 1.54) is 0 Å². The Morgan fingerprint density at radius 2 is 1.64 bits per heavy atom. The molecular weight excluding hydrogens is 314 g/mol. The van der Waals surface area contributed by atoms with E-state index in [2.05, 4.69) is 16.0 Å². The van der Waals surface area contributed by atoms with E-state index in [1.807, 2.05) is 52.0 Å². The topological polar surface area (TPSA) is 70.2 Å². The lowest BCUT2D eigenvalue weighted by atomic mass is 10.1. The van der Waals surface area contributed by atoms with E-state index in [0.29, 0.717) is 5.56 Å². The Kier molecular flexibility index (Phi) is 6.17. The van der Waals surface area contributed by atoms with Crippen molar-refractivity contribution in [2.24, 2.45) is 0 Å². The highest BCUT2D eigenvalue weighted by molar-refractivity contribution is 5.96. The molecule has 0 unspecified atom stereocenters. The third kappa shape index (κ3) is 5.35. The standard InChI is InChI=1S/C20H25N3O2/c1-13(2)22-20(25)16-9-6-10-17(11-16)21-12-18(24)23-19-14(3)7-5-8-15(19)4/h5-11,13,21H,12H2,1-4H3,(H,22,25)(H,23,24). The summed E-state index contributed by atoms with van der Waals surface area (Å²) in [4.78, 5) is 24.2. The summed E-state index contributed by atoms with van der Waals surface area (Å²) < 4.78 is 0. The Balaban J connectivity index is 1.97. The van der Waals surface area contributed by atoms with Gasteiger partial charge in [-0.05, 0) is 57.0 Å². The molecule has 0 radical (unpaired) electrons.